The number of hydrogen-bond acceptors (Lipinski definition) is 2. The average molecular weight is 397 g/mol. The Morgan fingerprint density at radius 2 is 1.34 bits per heavy atom. The Morgan fingerprint density at radius 3 is 1.76 bits per heavy atom. The molecule has 2 amide bonds. The highest BCUT2D eigenvalue weighted by molar-refractivity contribution is 5.79. The molecule has 0 aliphatic heterocycles. The van der Waals surface area contributed by atoms with Crippen LogP contribution in [-0.2, 0) is 22.7 Å². The minimum Gasteiger partial charge on any atom is -0.347 e. The largest absolute Gasteiger partial charge is 0.347 e. The van der Waals surface area contributed by atoms with E-state index in [1.54, 1.807) is 0 Å². The Labute approximate surface area is 174 Å². The second-order valence-electron chi connectivity index (χ2n) is 8.48. The van der Waals surface area contributed by atoms with Gasteiger partial charge in [-0.1, -0.05) is 60.7 Å². The lowest BCUT2D eigenvalue weighted by atomic mass is 10.1. The number of likely N-dealkylation sites (N-methyl/N-ethyl adjacent to an activating group) is 1. The van der Waals surface area contributed by atoms with Gasteiger partial charge in [-0.15, -0.1) is 0 Å². The van der Waals surface area contributed by atoms with E-state index in [9.17, 15) is 9.59 Å². The fourth-order valence-electron chi connectivity index (χ4n) is 3.17. The van der Waals surface area contributed by atoms with Crippen molar-refractivity contribution in [1.29, 1.82) is 0 Å². The standard InChI is InChI=1S/C24H33N3O2/c1-5-26(18-22(28)25-24(2,3)4)19-23(29)27(16-20-12-8-6-9-13-20)17-21-14-10-7-11-15-21/h6-15H,5,16-19H2,1-4H3,(H,25,28)/p+1. The van der Waals surface area contributed by atoms with Crippen LogP contribution in [0, 0.1) is 0 Å². The maximum absolute atomic E-state index is 13.2. The van der Waals surface area contributed by atoms with Crippen molar-refractivity contribution in [3.63, 3.8) is 0 Å². The van der Waals surface area contributed by atoms with Crippen molar-refractivity contribution in [3.8, 4) is 0 Å². The second kappa shape index (κ2) is 10.8. The number of carbonyl (C=O) groups excluding carboxylic acids is 2. The molecular formula is C24H34N3O2+. The Morgan fingerprint density at radius 1 is 0.862 bits per heavy atom. The second-order valence-corrected chi connectivity index (χ2v) is 8.48. The molecule has 2 N–H and O–H groups in total. The minimum atomic E-state index is -0.271. The van der Waals surface area contributed by atoms with Gasteiger partial charge in [-0.3, -0.25) is 9.59 Å². The molecule has 5 heteroatoms. The summed E-state index contributed by atoms with van der Waals surface area (Å²) in [4.78, 5) is 28.3. The molecule has 0 saturated carbocycles. The van der Waals surface area contributed by atoms with Crippen molar-refractivity contribution in [1.82, 2.24) is 10.2 Å². The number of carbonyl (C=O) groups is 2. The SMILES string of the molecule is CC[NH+](CC(=O)NC(C)(C)C)CC(=O)N(Cc1ccccc1)Cc1ccccc1. The fourth-order valence-corrected chi connectivity index (χ4v) is 3.17. The fraction of sp³-hybridized carbons (Fsp3) is 0.417. The molecule has 0 fully saturated rings. The maximum Gasteiger partial charge on any atom is 0.278 e. The zero-order valence-electron chi connectivity index (χ0n) is 18.1. The number of amides is 2. The molecule has 0 aliphatic rings. The zero-order chi connectivity index (χ0) is 21.3. The molecule has 0 radical (unpaired) electrons. The van der Waals surface area contributed by atoms with Crippen LogP contribution in [0.25, 0.3) is 0 Å². The number of rotatable bonds is 9. The topological polar surface area (TPSA) is 53.9 Å². The highest BCUT2D eigenvalue weighted by Crippen LogP contribution is 2.10. The van der Waals surface area contributed by atoms with E-state index in [0.29, 0.717) is 32.7 Å². The van der Waals surface area contributed by atoms with Gasteiger partial charge < -0.3 is 15.1 Å². The lowest BCUT2D eigenvalue weighted by Gasteiger charge is -2.26. The summed E-state index contributed by atoms with van der Waals surface area (Å²) in [5, 5.41) is 2.98. The van der Waals surface area contributed by atoms with Gasteiger partial charge in [-0.25, -0.2) is 0 Å². The summed E-state index contributed by atoms with van der Waals surface area (Å²) in [5.74, 6) is 0.0259. The lowest BCUT2D eigenvalue weighted by Crippen LogP contribution is -3.14. The highest BCUT2D eigenvalue weighted by Gasteiger charge is 2.23. The molecule has 2 aromatic rings. The van der Waals surface area contributed by atoms with Crippen molar-refractivity contribution in [3.05, 3.63) is 71.8 Å². The zero-order valence-corrected chi connectivity index (χ0v) is 18.1. The molecule has 156 valence electrons. The quantitative estimate of drug-likeness (QED) is 0.682. The maximum atomic E-state index is 13.2. The molecule has 1 atom stereocenters. The van der Waals surface area contributed by atoms with Crippen LogP contribution >= 0.6 is 0 Å². The van der Waals surface area contributed by atoms with Gasteiger partial charge in [0.25, 0.3) is 11.8 Å². The van der Waals surface area contributed by atoms with Crippen LogP contribution in [0.3, 0.4) is 0 Å². The molecule has 0 aliphatic carbocycles. The van der Waals surface area contributed by atoms with Gasteiger partial charge in [0, 0.05) is 18.6 Å². The Bertz CT molecular complexity index is 728. The first-order chi connectivity index (χ1) is 13.8. The Hall–Kier alpha value is -2.66. The van der Waals surface area contributed by atoms with Crippen LogP contribution in [0.4, 0.5) is 0 Å². The molecule has 0 spiro atoms. The number of hydrogen-bond donors (Lipinski definition) is 2. The first kappa shape index (κ1) is 22.6. The first-order valence-electron chi connectivity index (χ1n) is 10.3. The number of quaternary nitrogens is 1. The van der Waals surface area contributed by atoms with E-state index in [-0.39, 0.29) is 17.4 Å². The average Bonchev–Trinajstić information content (AvgIpc) is 2.67. The van der Waals surface area contributed by atoms with E-state index in [0.717, 1.165) is 16.0 Å². The molecule has 0 bridgehead atoms. The van der Waals surface area contributed by atoms with Crippen LogP contribution < -0.4 is 10.2 Å². The van der Waals surface area contributed by atoms with Gasteiger partial charge in [-0.05, 0) is 38.8 Å². The third-order valence-corrected chi connectivity index (χ3v) is 4.61. The van der Waals surface area contributed by atoms with Gasteiger partial charge >= 0.3 is 0 Å². The minimum absolute atomic E-state index is 0.0279. The number of nitrogens with one attached hydrogen (secondary N) is 2. The van der Waals surface area contributed by atoms with E-state index in [4.69, 9.17) is 0 Å². The van der Waals surface area contributed by atoms with Crippen molar-refractivity contribution in [2.45, 2.75) is 46.3 Å². The molecule has 0 aromatic heterocycles. The van der Waals surface area contributed by atoms with Crippen LogP contribution in [0.5, 0.6) is 0 Å². The summed E-state index contributed by atoms with van der Waals surface area (Å²) in [6, 6.07) is 20.0. The van der Waals surface area contributed by atoms with Gasteiger partial charge in [0.2, 0.25) is 0 Å². The van der Waals surface area contributed by atoms with Crippen molar-refractivity contribution < 1.29 is 14.5 Å². The summed E-state index contributed by atoms with van der Waals surface area (Å²) in [7, 11) is 0. The third-order valence-electron chi connectivity index (χ3n) is 4.61. The normalized spacial score (nSPS) is 12.3. The molecule has 2 aromatic carbocycles. The molecule has 0 saturated heterocycles. The summed E-state index contributed by atoms with van der Waals surface area (Å²) < 4.78 is 0. The predicted octanol–water partition coefficient (Wildman–Crippen LogP) is 2.03. The summed E-state index contributed by atoms with van der Waals surface area (Å²) in [5.41, 5.74) is 1.92. The third kappa shape index (κ3) is 8.48. The van der Waals surface area contributed by atoms with E-state index in [2.05, 4.69) is 5.32 Å². The first-order valence-corrected chi connectivity index (χ1v) is 10.3. The van der Waals surface area contributed by atoms with Crippen LogP contribution in [-0.4, -0.2) is 41.9 Å². The summed E-state index contributed by atoms with van der Waals surface area (Å²) in [6.07, 6.45) is 0. The van der Waals surface area contributed by atoms with Crippen molar-refractivity contribution in [2.24, 2.45) is 0 Å². The lowest BCUT2D eigenvalue weighted by molar-refractivity contribution is -0.882. The smallest absolute Gasteiger partial charge is 0.278 e. The van der Waals surface area contributed by atoms with Gasteiger partial charge in [0.05, 0.1) is 6.54 Å². The van der Waals surface area contributed by atoms with Gasteiger partial charge in [0.15, 0.2) is 13.1 Å². The molecular weight excluding hydrogens is 362 g/mol. The molecule has 0 heterocycles. The molecule has 2 rings (SSSR count). The summed E-state index contributed by atoms with van der Waals surface area (Å²) >= 11 is 0. The molecule has 5 nitrogen and oxygen atoms in total. The number of nitrogens with zero attached hydrogens (tertiary/aromatic N) is 1. The predicted molar refractivity (Wildman–Crippen MR) is 116 cm³/mol. The van der Waals surface area contributed by atoms with Gasteiger partial charge in [-0.2, -0.15) is 0 Å². The van der Waals surface area contributed by atoms with Crippen LogP contribution in [0.15, 0.2) is 60.7 Å². The van der Waals surface area contributed by atoms with E-state index >= 15 is 0 Å². The Balaban J connectivity index is 2.07. The van der Waals surface area contributed by atoms with Crippen LogP contribution in [0.2, 0.25) is 0 Å². The Kier molecular flexibility index (Phi) is 8.40. The highest BCUT2D eigenvalue weighted by atomic mass is 16.2. The van der Waals surface area contributed by atoms with E-state index < -0.39 is 0 Å². The van der Waals surface area contributed by atoms with E-state index in [1.807, 2.05) is 93.3 Å². The van der Waals surface area contributed by atoms with Crippen LogP contribution in [0.1, 0.15) is 38.8 Å². The number of benzene rings is 2. The molecule has 1 unspecified atom stereocenters. The van der Waals surface area contributed by atoms with Crippen molar-refractivity contribution >= 4 is 11.8 Å². The van der Waals surface area contributed by atoms with E-state index in [1.165, 1.54) is 0 Å². The van der Waals surface area contributed by atoms with Crippen molar-refractivity contribution in [2.75, 3.05) is 19.6 Å². The van der Waals surface area contributed by atoms with Gasteiger partial charge in [0.1, 0.15) is 0 Å². The molecule has 29 heavy (non-hydrogen) atoms. The monoisotopic (exact) mass is 396 g/mol. The summed E-state index contributed by atoms with van der Waals surface area (Å²) in [6.45, 7) is 10.3.